The van der Waals surface area contributed by atoms with Gasteiger partial charge in [-0.3, -0.25) is 9.69 Å². The molecule has 1 fully saturated rings. The number of benzene rings is 2. The number of hydrogen-bond donors (Lipinski definition) is 1. The lowest BCUT2D eigenvalue weighted by Gasteiger charge is -2.31. The molecule has 2 heterocycles. The van der Waals surface area contributed by atoms with E-state index in [0.29, 0.717) is 29.7 Å². The van der Waals surface area contributed by atoms with Crippen LogP contribution in [-0.2, 0) is 9.53 Å². The predicted octanol–water partition coefficient (Wildman–Crippen LogP) is 3.31. The van der Waals surface area contributed by atoms with Gasteiger partial charge in [-0.1, -0.05) is 41.9 Å². The predicted molar refractivity (Wildman–Crippen MR) is 116 cm³/mol. The van der Waals surface area contributed by atoms with Gasteiger partial charge in [0.05, 0.1) is 24.3 Å². The standard InChI is InChI=1S/C23H25ClN2O4/c24-19-14-17(15-21-23(19)30-13-12-29-21)6-7-22(27)25-20(18-4-2-1-3-5-18)16-26-8-10-28-11-9-26/h1-7,14-15,20H,8-13,16H2,(H,25,27). The van der Waals surface area contributed by atoms with Gasteiger partial charge in [-0.25, -0.2) is 0 Å². The summed E-state index contributed by atoms with van der Waals surface area (Å²) in [5.74, 6) is 0.991. The largest absolute Gasteiger partial charge is 0.486 e. The molecule has 1 unspecified atom stereocenters. The number of ether oxygens (including phenoxy) is 3. The zero-order chi connectivity index (χ0) is 20.8. The van der Waals surface area contributed by atoms with Crippen LogP contribution in [0.3, 0.4) is 0 Å². The number of morpholine rings is 1. The first-order valence-corrected chi connectivity index (χ1v) is 10.5. The summed E-state index contributed by atoms with van der Waals surface area (Å²) in [7, 11) is 0. The van der Waals surface area contributed by atoms with Gasteiger partial charge in [-0.2, -0.15) is 0 Å². The van der Waals surface area contributed by atoms with E-state index in [1.807, 2.05) is 36.4 Å². The van der Waals surface area contributed by atoms with Crippen molar-refractivity contribution in [3.8, 4) is 11.5 Å². The van der Waals surface area contributed by atoms with E-state index >= 15 is 0 Å². The van der Waals surface area contributed by atoms with Crippen molar-refractivity contribution in [2.24, 2.45) is 0 Å². The molecule has 30 heavy (non-hydrogen) atoms. The molecule has 2 aliphatic heterocycles. The lowest BCUT2D eigenvalue weighted by molar-refractivity contribution is -0.117. The van der Waals surface area contributed by atoms with Crippen LogP contribution in [0.15, 0.2) is 48.5 Å². The van der Waals surface area contributed by atoms with Gasteiger partial charge in [-0.05, 0) is 29.3 Å². The van der Waals surface area contributed by atoms with Crippen molar-refractivity contribution in [1.82, 2.24) is 10.2 Å². The topological polar surface area (TPSA) is 60.0 Å². The molecule has 0 aliphatic carbocycles. The third-order valence-electron chi connectivity index (χ3n) is 5.11. The Balaban J connectivity index is 1.45. The Labute approximate surface area is 181 Å². The molecule has 0 saturated carbocycles. The molecule has 2 aliphatic rings. The third kappa shape index (κ3) is 5.33. The average Bonchev–Trinajstić information content (AvgIpc) is 2.79. The second-order valence-corrected chi connectivity index (χ2v) is 7.65. The van der Waals surface area contributed by atoms with Crippen LogP contribution in [0, 0.1) is 0 Å². The highest BCUT2D eigenvalue weighted by Crippen LogP contribution is 2.38. The minimum absolute atomic E-state index is 0.106. The summed E-state index contributed by atoms with van der Waals surface area (Å²) in [6, 6.07) is 13.5. The van der Waals surface area contributed by atoms with Crippen molar-refractivity contribution >= 4 is 23.6 Å². The first-order chi connectivity index (χ1) is 14.7. The van der Waals surface area contributed by atoms with E-state index in [1.165, 1.54) is 6.08 Å². The zero-order valence-corrected chi connectivity index (χ0v) is 17.4. The van der Waals surface area contributed by atoms with Crippen LogP contribution in [0.2, 0.25) is 5.02 Å². The highest BCUT2D eigenvalue weighted by molar-refractivity contribution is 6.32. The molecular formula is C23H25ClN2O4. The molecular weight excluding hydrogens is 404 g/mol. The molecule has 4 rings (SSSR count). The van der Waals surface area contributed by atoms with Crippen LogP contribution in [0.1, 0.15) is 17.2 Å². The van der Waals surface area contributed by atoms with Crippen molar-refractivity contribution < 1.29 is 19.0 Å². The van der Waals surface area contributed by atoms with E-state index in [2.05, 4.69) is 10.2 Å². The lowest BCUT2D eigenvalue weighted by atomic mass is 10.1. The molecule has 0 aromatic heterocycles. The molecule has 6 nitrogen and oxygen atoms in total. The van der Waals surface area contributed by atoms with Gasteiger partial charge in [0, 0.05) is 25.7 Å². The number of nitrogens with one attached hydrogen (secondary N) is 1. The Hall–Kier alpha value is -2.54. The van der Waals surface area contributed by atoms with Gasteiger partial charge in [0.25, 0.3) is 0 Å². The van der Waals surface area contributed by atoms with E-state index in [4.69, 9.17) is 25.8 Å². The molecule has 158 valence electrons. The minimum Gasteiger partial charge on any atom is -0.486 e. The number of amides is 1. The number of nitrogens with zero attached hydrogens (tertiary/aromatic N) is 1. The third-order valence-corrected chi connectivity index (χ3v) is 5.39. The Kier molecular flexibility index (Phi) is 6.89. The highest BCUT2D eigenvalue weighted by atomic mass is 35.5. The van der Waals surface area contributed by atoms with Crippen molar-refractivity contribution in [3.05, 3.63) is 64.7 Å². The molecule has 1 saturated heterocycles. The molecule has 2 aromatic carbocycles. The van der Waals surface area contributed by atoms with Crippen molar-refractivity contribution in [1.29, 1.82) is 0 Å². The van der Waals surface area contributed by atoms with Gasteiger partial charge < -0.3 is 19.5 Å². The Bertz CT molecular complexity index is 898. The fraction of sp³-hybridized carbons (Fsp3) is 0.348. The average molecular weight is 429 g/mol. The number of carbonyl (C=O) groups excluding carboxylic acids is 1. The summed E-state index contributed by atoms with van der Waals surface area (Å²) in [6.45, 7) is 4.88. The number of hydrogen-bond acceptors (Lipinski definition) is 5. The van der Waals surface area contributed by atoms with Crippen LogP contribution in [-0.4, -0.2) is 56.9 Å². The SMILES string of the molecule is O=C(C=Cc1cc(Cl)c2c(c1)OCCO2)NC(CN1CCOCC1)c1ccccc1. The van der Waals surface area contributed by atoms with Crippen LogP contribution in [0.5, 0.6) is 11.5 Å². The maximum Gasteiger partial charge on any atom is 0.244 e. The summed E-state index contributed by atoms with van der Waals surface area (Å²) in [5.41, 5.74) is 1.86. The van der Waals surface area contributed by atoms with Crippen LogP contribution in [0.4, 0.5) is 0 Å². The van der Waals surface area contributed by atoms with Gasteiger partial charge in [0.15, 0.2) is 11.5 Å². The van der Waals surface area contributed by atoms with E-state index in [0.717, 1.165) is 44.0 Å². The number of rotatable bonds is 6. The molecule has 0 bridgehead atoms. The van der Waals surface area contributed by atoms with Crippen LogP contribution >= 0.6 is 11.6 Å². The van der Waals surface area contributed by atoms with Crippen LogP contribution in [0.25, 0.3) is 6.08 Å². The number of carbonyl (C=O) groups is 1. The minimum atomic E-state index is -0.164. The Morgan fingerprint density at radius 2 is 1.87 bits per heavy atom. The van der Waals surface area contributed by atoms with Crippen molar-refractivity contribution in [2.45, 2.75) is 6.04 Å². The highest BCUT2D eigenvalue weighted by Gasteiger charge is 2.20. The Morgan fingerprint density at radius 1 is 1.10 bits per heavy atom. The summed E-state index contributed by atoms with van der Waals surface area (Å²) in [5, 5.41) is 3.60. The van der Waals surface area contributed by atoms with Gasteiger partial charge >= 0.3 is 0 Å². The van der Waals surface area contributed by atoms with Crippen molar-refractivity contribution in [3.63, 3.8) is 0 Å². The summed E-state index contributed by atoms with van der Waals surface area (Å²) in [6.07, 6.45) is 3.26. The van der Waals surface area contributed by atoms with Gasteiger partial charge in [0.2, 0.25) is 5.91 Å². The quantitative estimate of drug-likeness (QED) is 0.715. The van der Waals surface area contributed by atoms with Gasteiger partial charge in [-0.15, -0.1) is 0 Å². The van der Waals surface area contributed by atoms with E-state index < -0.39 is 0 Å². The summed E-state index contributed by atoms with van der Waals surface area (Å²) in [4.78, 5) is 15.0. The summed E-state index contributed by atoms with van der Waals surface area (Å²) < 4.78 is 16.6. The molecule has 1 atom stereocenters. The Morgan fingerprint density at radius 3 is 2.67 bits per heavy atom. The normalized spacial score (nSPS) is 17.6. The van der Waals surface area contributed by atoms with E-state index in [9.17, 15) is 4.79 Å². The lowest BCUT2D eigenvalue weighted by Crippen LogP contribution is -2.42. The smallest absolute Gasteiger partial charge is 0.244 e. The second-order valence-electron chi connectivity index (χ2n) is 7.25. The number of fused-ring (bicyclic) bond motifs is 1. The first-order valence-electron chi connectivity index (χ1n) is 10.1. The first kappa shape index (κ1) is 20.7. The fourth-order valence-electron chi connectivity index (χ4n) is 3.58. The van der Waals surface area contributed by atoms with Crippen molar-refractivity contribution in [2.75, 3.05) is 46.1 Å². The number of halogens is 1. The summed E-state index contributed by atoms with van der Waals surface area (Å²) >= 11 is 6.28. The van der Waals surface area contributed by atoms with E-state index in [1.54, 1.807) is 12.1 Å². The molecule has 2 aromatic rings. The molecule has 1 N–H and O–H groups in total. The maximum atomic E-state index is 12.7. The van der Waals surface area contributed by atoms with E-state index in [-0.39, 0.29) is 11.9 Å². The monoisotopic (exact) mass is 428 g/mol. The molecule has 1 amide bonds. The van der Waals surface area contributed by atoms with Gasteiger partial charge in [0.1, 0.15) is 13.2 Å². The molecule has 7 heteroatoms. The molecule has 0 spiro atoms. The zero-order valence-electron chi connectivity index (χ0n) is 16.7. The maximum absolute atomic E-state index is 12.7. The fourth-order valence-corrected chi connectivity index (χ4v) is 3.85. The molecule has 0 radical (unpaired) electrons. The van der Waals surface area contributed by atoms with Crippen LogP contribution < -0.4 is 14.8 Å². The second kappa shape index (κ2) is 9.98.